The molecular weight excluding hydrogens is 547 g/mol. The van der Waals surface area contributed by atoms with Gasteiger partial charge >= 0.3 is 0 Å². The first-order valence-corrected chi connectivity index (χ1v) is 7.94. The van der Waals surface area contributed by atoms with Gasteiger partial charge < -0.3 is 15.2 Å². The summed E-state index contributed by atoms with van der Waals surface area (Å²) in [7, 11) is 0. The van der Waals surface area contributed by atoms with Gasteiger partial charge in [0, 0.05) is 10.1 Å². The Morgan fingerprint density at radius 3 is 2.19 bits per heavy atom. The first kappa shape index (κ1) is 15.2. The largest absolute Gasteiger partial charge is 0.489 e. The van der Waals surface area contributed by atoms with E-state index in [-0.39, 0.29) is 0 Å². The van der Waals surface area contributed by atoms with Gasteiger partial charge in [0.2, 0.25) is 0 Å². The summed E-state index contributed by atoms with van der Waals surface area (Å²) >= 11 is 6.87. The fourth-order valence-electron chi connectivity index (χ4n) is 1.05. The molecule has 0 amide bonds. The molecule has 2 N–H and O–H groups in total. The van der Waals surface area contributed by atoms with E-state index in [0.717, 1.165) is 12.9 Å². The van der Waals surface area contributed by atoms with Crippen LogP contribution in [0.25, 0.3) is 0 Å². The quantitative estimate of drug-likeness (QED) is 0.432. The van der Waals surface area contributed by atoms with Crippen molar-refractivity contribution in [3.05, 3.63) is 22.8 Å². The van der Waals surface area contributed by atoms with E-state index >= 15 is 0 Å². The summed E-state index contributed by atoms with van der Waals surface area (Å²) in [6.07, 6.45) is 0. The number of ether oxygens (including phenoxy) is 2. The lowest BCUT2D eigenvalue weighted by molar-refractivity contribution is 0.105. The molecule has 16 heavy (non-hydrogen) atoms. The van der Waals surface area contributed by atoms with Crippen LogP contribution in [-0.2, 0) is 4.74 Å². The molecule has 0 aliphatic carbocycles. The van der Waals surface area contributed by atoms with Gasteiger partial charge in [-0.2, -0.15) is 0 Å². The topological polar surface area (TPSA) is 44.5 Å². The van der Waals surface area contributed by atoms with Gasteiger partial charge in [0.1, 0.15) is 12.4 Å². The smallest absolute Gasteiger partial charge is 0.146 e. The van der Waals surface area contributed by atoms with Crippen molar-refractivity contribution in [3.8, 4) is 5.75 Å². The molecule has 90 valence electrons. The van der Waals surface area contributed by atoms with Crippen molar-refractivity contribution >= 4 is 67.8 Å². The van der Waals surface area contributed by atoms with Gasteiger partial charge in [-0.3, -0.25) is 0 Å². The Morgan fingerprint density at radius 2 is 1.62 bits per heavy atom. The van der Waals surface area contributed by atoms with E-state index in [2.05, 4.69) is 79.9 Å². The minimum atomic E-state index is 0.554. The normalized spacial score (nSPS) is 10.5. The minimum absolute atomic E-state index is 0.554. The van der Waals surface area contributed by atoms with E-state index in [4.69, 9.17) is 15.2 Å². The van der Waals surface area contributed by atoms with Crippen LogP contribution in [0, 0.1) is 10.7 Å². The highest BCUT2D eigenvalue weighted by molar-refractivity contribution is 14.1. The zero-order valence-electron chi connectivity index (χ0n) is 8.51. The molecule has 1 aromatic carbocycles. The highest BCUT2D eigenvalue weighted by Crippen LogP contribution is 2.29. The number of hydrogen-bond acceptors (Lipinski definition) is 3. The van der Waals surface area contributed by atoms with Crippen LogP contribution in [0.15, 0.2) is 12.1 Å². The summed E-state index contributed by atoms with van der Waals surface area (Å²) in [5, 5.41) is 0. The maximum atomic E-state index is 5.68. The van der Waals surface area contributed by atoms with Crippen molar-refractivity contribution in [1.82, 2.24) is 0 Å². The Kier molecular flexibility index (Phi) is 7.85. The van der Waals surface area contributed by atoms with Gasteiger partial charge in [-0.25, -0.2) is 0 Å². The fraction of sp³-hybridized carbons (Fsp3) is 0.400. The van der Waals surface area contributed by atoms with E-state index in [1.54, 1.807) is 0 Å². The molecule has 0 saturated carbocycles. The van der Waals surface area contributed by atoms with Crippen molar-refractivity contribution in [2.24, 2.45) is 5.73 Å². The van der Waals surface area contributed by atoms with Crippen molar-refractivity contribution in [2.45, 2.75) is 0 Å². The molecule has 0 atom stereocenters. The monoisotopic (exact) mass is 559 g/mol. The predicted molar refractivity (Wildman–Crippen MR) is 90.0 cm³/mol. The number of hydrogen-bond donors (Lipinski definition) is 1. The van der Waals surface area contributed by atoms with Crippen LogP contribution in [-0.4, -0.2) is 26.4 Å². The average Bonchev–Trinajstić information content (AvgIpc) is 2.20. The Bertz CT molecular complexity index is 324. The van der Waals surface area contributed by atoms with Crippen LogP contribution in [0.3, 0.4) is 0 Å². The van der Waals surface area contributed by atoms with E-state index in [1.165, 1.54) is 3.57 Å². The number of rotatable bonds is 6. The van der Waals surface area contributed by atoms with Crippen molar-refractivity contribution in [3.63, 3.8) is 0 Å². The first-order valence-electron chi connectivity index (χ1n) is 4.70. The summed E-state index contributed by atoms with van der Waals surface area (Å²) < 4.78 is 14.4. The summed E-state index contributed by atoms with van der Waals surface area (Å²) in [5.74, 6) is 0.943. The molecule has 0 bridgehead atoms. The highest BCUT2D eigenvalue weighted by Gasteiger charge is 2.07. The molecular formula is C10H12I3NO2. The van der Waals surface area contributed by atoms with Crippen LogP contribution >= 0.6 is 67.8 Å². The molecule has 0 aliphatic rings. The first-order chi connectivity index (χ1) is 7.65. The molecule has 0 radical (unpaired) electrons. The maximum absolute atomic E-state index is 5.68. The van der Waals surface area contributed by atoms with Gasteiger partial charge in [0.15, 0.2) is 0 Å². The number of halogens is 3. The molecule has 1 aromatic rings. The van der Waals surface area contributed by atoms with Crippen LogP contribution in [0.4, 0.5) is 0 Å². The maximum Gasteiger partial charge on any atom is 0.146 e. The molecule has 0 unspecified atom stereocenters. The highest BCUT2D eigenvalue weighted by atomic mass is 127. The summed E-state index contributed by atoms with van der Waals surface area (Å²) in [5.41, 5.74) is 5.32. The van der Waals surface area contributed by atoms with Gasteiger partial charge in [0.25, 0.3) is 0 Å². The van der Waals surface area contributed by atoms with Crippen LogP contribution in [0.5, 0.6) is 5.75 Å². The van der Waals surface area contributed by atoms with Crippen LogP contribution in [0.1, 0.15) is 0 Å². The van der Waals surface area contributed by atoms with Crippen molar-refractivity contribution < 1.29 is 9.47 Å². The second-order valence-corrected chi connectivity index (χ2v) is 6.52. The van der Waals surface area contributed by atoms with Crippen LogP contribution in [0.2, 0.25) is 0 Å². The molecule has 0 aliphatic heterocycles. The SMILES string of the molecule is NCCOCCOc1c(I)cc(I)cc1I. The second kappa shape index (κ2) is 8.27. The van der Waals surface area contributed by atoms with Crippen molar-refractivity contribution in [1.29, 1.82) is 0 Å². The molecule has 0 spiro atoms. The summed E-state index contributed by atoms with van der Waals surface area (Å²) in [4.78, 5) is 0. The third-order valence-corrected chi connectivity index (χ3v) is 3.92. The summed E-state index contributed by atoms with van der Waals surface area (Å²) in [6.45, 7) is 2.28. The zero-order valence-corrected chi connectivity index (χ0v) is 15.0. The number of nitrogens with two attached hydrogens (primary N) is 1. The van der Waals surface area contributed by atoms with Gasteiger partial charge in [-0.15, -0.1) is 0 Å². The van der Waals surface area contributed by atoms with E-state index in [0.29, 0.717) is 26.4 Å². The molecule has 6 heteroatoms. The lowest BCUT2D eigenvalue weighted by Gasteiger charge is -2.11. The number of benzene rings is 1. The Labute approximate surface area is 136 Å². The van der Waals surface area contributed by atoms with Crippen LogP contribution < -0.4 is 10.5 Å². The van der Waals surface area contributed by atoms with E-state index in [1.807, 2.05) is 0 Å². The Balaban J connectivity index is 2.47. The third-order valence-electron chi connectivity index (χ3n) is 1.70. The molecule has 0 heterocycles. The molecule has 1 rings (SSSR count). The minimum Gasteiger partial charge on any atom is -0.489 e. The Morgan fingerprint density at radius 1 is 1.00 bits per heavy atom. The third kappa shape index (κ3) is 5.19. The van der Waals surface area contributed by atoms with E-state index < -0.39 is 0 Å². The standard InChI is InChI=1S/C10H12I3NO2/c11-7-5-8(12)10(9(13)6-7)16-4-3-15-2-1-14/h5-6H,1-4,14H2. The molecule has 0 fully saturated rings. The molecule has 0 aromatic heterocycles. The lowest BCUT2D eigenvalue weighted by atomic mass is 10.3. The fourth-order valence-corrected chi connectivity index (χ4v) is 4.95. The predicted octanol–water partition coefficient (Wildman–Crippen LogP) is 2.85. The average molecular weight is 559 g/mol. The lowest BCUT2D eigenvalue weighted by Crippen LogP contribution is -2.13. The molecule has 3 nitrogen and oxygen atoms in total. The van der Waals surface area contributed by atoms with E-state index in [9.17, 15) is 0 Å². The molecule has 0 saturated heterocycles. The second-order valence-electron chi connectivity index (χ2n) is 2.95. The van der Waals surface area contributed by atoms with Gasteiger partial charge in [-0.05, 0) is 79.9 Å². The van der Waals surface area contributed by atoms with Crippen molar-refractivity contribution in [2.75, 3.05) is 26.4 Å². The van der Waals surface area contributed by atoms with Gasteiger partial charge in [-0.1, -0.05) is 0 Å². The zero-order chi connectivity index (χ0) is 12.0. The van der Waals surface area contributed by atoms with Gasteiger partial charge in [0.05, 0.1) is 20.4 Å². The summed E-state index contributed by atoms with van der Waals surface area (Å²) in [6, 6.07) is 4.19. The Hall–Kier alpha value is 1.13.